The molecule has 0 spiro atoms. The summed E-state index contributed by atoms with van der Waals surface area (Å²) in [5.74, 6) is 0. The number of rotatable bonds is 6. The van der Waals surface area contributed by atoms with Crippen LogP contribution >= 0.6 is 0 Å². The molecule has 0 saturated carbocycles. The Morgan fingerprint density at radius 3 is 1.17 bits per heavy atom. The second-order valence-corrected chi connectivity index (χ2v) is 19.7. The first kappa shape index (κ1) is 41.5. The smallest absolute Gasteiger partial charge is 0.0724 e. The van der Waals surface area contributed by atoms with E-state index in [4.69, 9.17) is 0 Å². The number of fused-ring (bicyclic) bond motifs is 7. The Labute approximate surface area is 434 Å². The van der Waals surface area contributed by atoms with Gasteiger partial charge in [0, 0.05) is 38.6 Å². The molecule has 14 aromatic rings. The van der Waals surface area contributed by atoms with Crippen molar-refractivity contribution in [2.24, 2.45) is 0 Å². The summed E-state index contributed by atoms with van der Waals surface area (Å²) in [4.78, 5) is 9.87. The van der Waals surface area contributed by atoms with Crippen LogP contribution in [0.1, 0.15) is 0 Å². The first-order valence-corrected chi connectivity index (χ1v) is 25.8. The number of nitrogens with zero attached hydrogens (tertiary/aromatic N) is 5. The highest BCUT2D eigenvalue weighted by atomic mass is 15.3. The van der Waals surface area contributed by atoms with E-state index >= 15 is 0 Å². The van der Waals surface area contributed by atoms with Gasteiger partial charge in [-0.15, -0.1) is 0 Å². The van der Waals surface area contributed by atoms with Gasteiger partial charge in [-0.05, 0) is 136 Å². The summed E-state index contributed by atoms with van der Waals surface area (Å²) in [5, 5.41) is 9.76. The van der Waals surface area contributed by atoms with Crippen molar-refractivity contribution < 1.29 is 0 Å². The molecular weight excluding hydrogens is 911 g/mol. The minimum atomic E-state index is 1.11. The van der Waals surface area contributed by atoms with Crippen molar-refractivity contribution in [3.8, 4) is 16.8 Å². The summed E-state index contributed by atoms with van der Waals surface area (Å²) < 4.78 is 2.46. The molecular formula is C70H45N5. The quantitative estimate of drug-likeness (QED) is 0.155. The Morgan fingerprint density at radius 2 is 0.613 bits per heavy atom. The molecule has 75 heavy (non-hydrogen) atoms. The SMILES string of the molecule is c1ccc(-c2cccc(-n3c4ccccc4c4cc5c(cc43)N(c3ccc4ccc6c(N7c8ccccc8N(c8ccccc8)c8ccccc87)ccc7ccc3c4c76)c3ccccc3N5c3ccccc3)c2)cc1. The van der Waals surface area contributed by atoms with E-state index in [1.54, 1.807) is 0 Å². The van der Waals surface area contributed by atoms with Crippen LogP contribution in [0.25, 0.3) is 70.9 Å². The molecule has 16 rings (SSSR count). The van der Waals surface area contributed by atoms with Crippen molar-refractivity contribution in [3.63, 3.8) is 0 Å². The maximum Gasteiger partial charge on any atom is 0.0724 e. The maximum atomic E-state index is 2.54. The third kappa shape index (κ3) is 6.13. The van der Waals surface area contributed by atoms with Crippen LogP contribution in [0.15, 0.2) is 273 Å². The Kier molecular flexibility index (Phi) is 8.97. The molecule has 2 aliphatic rings. The lowest BCUT2D eigenvalue weighted by Gasteiger charge is -2.41. The lowest BCUT2D eigenvalue weighted by Crippen LogP contribution is -2.24. The molecule has 3 heterocycles. The summed E-state index contributed by atoms with van der Waals surface area (Å²) >= 11 is 0. The highest BCUT2D eigenvalue weighted by Gasteiger charge is 2.35. The predicted molar refractivity (Wildman–Crippen MR) is 316 cm³/mol. The van der Waals surface area contributed by atoms with Crippen LogP contribution in [0.2, 0.25) is 0 Å². The van der Waals surface area contributed by atoms with E-state index in [0.717, 1.165) is 79.5 Å². The first-order chi connectivity index (χ1) is 37.2. The van der Waals surface area contributed by atoms with E-state index in [9.17, 15) is 0 Å². The highest BCUT2D eigenvalue weighted by Crippen LogP contribution is 2.59. The number of hydrogen-bond donors (Lipinski definition) is 0. The van der Waals surface area contributed by atoms with Gasteiger partial charge in [-0.1, -0.05) is 170 Å². The molecule has 0 atom stereocenters. The van der Waals surface area contributed by atoms with Crippen LogP contribution in [0, 0.1) is 0 Å². The summed E-state index contributed by atoms with van der Waals surface area (Å²) in [7, 11) is 0. The third-order valence-electron chi connectivity index (χ3n) is 15.7. The monoisotopic (exact) mass is 955 g/mol. The number of benzene rings is 13. The zero-order valence-electron chi connectivity index (χ0n) is 40.7. The fraction of sp³-hybridized carbons (Fsp3) is 0. The molecule has 0 fully saturated rings. The molecule has 0 aliphatic carbocycles. The Balaban J connectivity index is 0.946. The van der Waals surface area contributed by atoms with Gasteiger partial charge < -0.3 is 24.2 Å². The number of aromatic nitrogens is 1. The maximum absolute atomic E-state index is 2.54. The normalized spacial score (nSPS) is 13.0. The molecule has 350 valence electrons. The average molecular weight is 956 g/mol. The van der Waals surface area contributed by atoms with Gasteiger partial charge in [0.1, 0.15) is 0 Å². The van der Waals surface area contributed by atoms with Crippen molar-refractivity contribution in [3.05, 3.63) is 273 Å². The summed E-state index contributed by atoms with van der Waals surface area (Å²) in [6.07, 6.45) is 0. The minimum absolute atomic E-state index is 1.11. The van der Waals surface area contributed by atoms with E-state index < -0.39 is 0 Å². The number of anilines is 12. The van der Waals surface area contributed by atoms with Gasteiger partial charge in [0.05, 0.1) is 67.9 Å². The van der Waals surface area contributed by atoms with Gasteiger partial charge >= 0.3 is 0 Å². The molecule has 0 radical (unpaired) electrons. The van der Waals surface area contributed by atoms with Crippen LogP contribution in [-0.2, 0) is 0 Å². The van der Waals surface area contributed by atoms with Crippen LogP contribution in [0.4, 0.5) is 68.2 Å². The predicted octanol–water partition coefficient (Wildman–Crippen LogP) is 19.9. The first-order valence-electron chi connectivity index (χ1n) is 25.8. The van der Waals surface area contributed by atoms with Gasteiger partial charge in [0.15, 0.2) is 0 Å². The highest BCUT2D eigenvalue weighted by molar-refractivity contribution is 6.29. The Morgan fingerprint density at radius 1 is 0.200 bits per heavy atom. The number of hydrogen-bond acceptors (Lipinski definition) is 4. The van der Waals surface area contributed by atoms with E-state index in [0.29, 0.717) is 0 Å². The molecule has 5 nitrogen and oxygen atoms in total. The fourth-order valence-electron chi connectivity index (χ4n) is 12.5. The molecule has 0 bridgehead atoms. The molecule has 0 N–H and O–H groups in total. The molecule has 13 aromatic carbocycles. The minimum Gasteiger partial charge on any atom is -0.309 e. The van der Waals surface area contributed by atoms with E-state index in [-0.39, 0.29) is 0 Å². The molecule has 0 unspecified atom stereocenters. The molecule has 1 aromatic heterocycles. The van der Waals surface area contributed by atoms with E-state index in [2.05, 4.69) is 297 Å². The van der Waals surface area contributed by atoms with Crippen LogP contribution < -0.4 is 19.6 Å². The van der Waals surface area contributed by atoms with Gasteiger partial charge in [-0.25, -0.2) is 0 Å². The Bertz CT molecular complexity index is 4520. The third-order valence-corrected chi connectivity index (χ3v) is 15.7. The lowest BCUT2D eigenvalue weighted by molar-refractivity contribution is 1.16. The zero-order valence-corrected chi connectivity index (χ0v) is 40.7. The average Bonchev–Trinajstić information content (AvgIpc) is 3.86. The lowest BCUT2D eigenvalue weighted by atomic mass is 9.91. The van der Waals surface area contributed by atoms with Crippen LogP contribution in [-0.4, -0.2) is 4.57 Å². The molecule has 0 saturated heterocycles. The van der Waals surface area contributed by atoms with Crippen molar-refractivity contribution in [2.45, 2.75) is 0 Å². The summed E-state index contributed by atoms with van der Waals surface area (Å²) in [6.45, 7) is 0. The van der Waals surface area contributed by atoms with Crippen molar-refractivity contribution >= 4 is 122 Å². The number of para-hydroxylation sites is 9. The van der Waals surface area contributed by atoms with Crippen molar-refractivity contribution in [1.29, 1.82) is 0 Å². The van der Waals surface area contributed by atoms with Crippen molar-refractivity contribution in [1.82, 2.24) is 4.57 Å². The summed E-state index contributed by atoms with van der Waals surface area (Å²) in [5.41, 5.74) is 19.3. The van der Waals surface area contributed by atoms with Gasteiger partial charge in [-0.2, -0.15) is 0 Å². The van der Waals surface area contributed by atoms with E-state index in [1.165, 1.54) is 59.7 Å². The van der Waals surface area contributed by atoms with E-state index in [1.807, 2.05) is 0 Å². The topological polar surface area (TPSA) is 17.9 Å². The Hall–Kier alpha value is -10.1. The van der Waals surface area contributed by atoms with Crippen LogP contribution in [0.5, 0.6) is 0 Å². The van der Waals surface area contributed by atoms with Gasteiger partial charge in [-0.3, -0.25) is 0 Å². The molecule has 0 amide bonds. The largest absolute Gasteiger partial charge is 0.309 e. The second-order valence-electron chi connectivity index (χ2n) is 19.7. The second kappa shape index (κ2) is 16.2. The fourth-order valence-corrected chi connectivity index (χ4v) is 12.5. The molecule has 2 aliphatic heterocycles. The standard InChI is InChI=1S/C70H45N5/c1-4-19-46(20-5-1)49-21-18-26-52(43-49)73-57-28-11-10-27-53(57)56-44-67-68(45-66(56)73)75(65-34-17-14-31-62(65)72(67)51-24-8-3-9-25-51)59-42-38-48-35-39-54-58(41-37-47-36-40-55(59)70(48)69(47)54)74-63-32-15-12-29-60(63)71(50-22-6-2-7-23-50)61-30-13-16-33-64(61)74/h1-45H. The molecule has 5 heteroatoms. The zero-order chi connectivity index (χ0) is 49.1. The van der Waals surface area contributed by atoms with Crippen LogP contribution in [0.3, 0.4) is 0 Å². The van der Waals surface area contributed by atoms with Gasteiger partial charge in [0.2, 0.25) is 0 Å². The van der Waals surface area contributed by atoms with Gasteiger partial charge in [0.25, 0.3) is 0 Å². The van der Waals surface area contributed by atoms with Crippen molar-refractivity contribution in [2.75, 3.05) is 19.6 Å². The summed E-state index contributed by atoms with van der Waals surface area (Å²) in [6, 6.07) is 100.